The van der Waals surface area contributed by atoms with Crippen molar-refractivity contribution in [3.05, 3.63) is 161 Å². The molecule has 0 unspecified atom stereocenters. The average Bonchev–Trinajstić information content (AvgIpc) is 3.01. The first-order chi connectivity index (χ1) is 23.6. The van der Waals surface area contributed by atoms with Gasteiger partial charge in [-0.25, -0.2) is 0 Å². The van der Waals surface area contributed by atoms with Crippen molar-refractivity contribution in [2.75, 3.05) is 0 Å². The summed E-state index contributed by atoms with van der Waals surface area (Å²) in [5, 5.41) is 22.6. The number of benzene rings is 4. The van der Waals surface area contributed by atoms with Crippen LogP contribution >= 0.6 is 23.2 Å². The maximum Gasteiger partial charge on any atom is 0.198 e. The number of carbonyl (C=O) groups is 2. The smallest absolute Gasteiger partial charge is 0.198 e. The molecular weight excluding hydrogens is 726 g/mol. The molecule has 0 saturated heterocycles. The summed E-state index contributed by atoms with van der Waals surface area (Å²) in [6.07, 6.45) is 2.76. The first-order valence-electron chi connectivity index (χ1n) is 16.2. The van der Waals surface area contributed by atoms with E-state index in [1.807, 2.05) is 90.1 Å². The maximum absolute atomic E-state index is 13.9. The van der Waals surface area contributed by atoms with E-state index in [4.69, 9.17) is 33.2 Å². The zero-order chi connectivity index (χ0) is 36.9. The first-order valence-corrected chi connectivity index (χ1v) is 17.0. The third-order valence-corrected chi connectivity index (χ3v) is 9.03. The number of aliphatic imine (C=N–C) groups is 2. The van der Waals surface area contributed by atoms with E-state index in [0.717, 1.165) is 33.4 Å². The van der Waals surface area contributed by atoms with Crippen LogP contribution in [0.5, 0.6) is 0 Å². The van der Waals surface area contributed by atoms with Gasteiger partial charge >= 0.3 is 0 Å². The minimum Gasteiger partial charge on any atom is -0.512 e. The van der Waals surface area contributed by atoms with Gasteiger partial charge in [0.05, 0.1) is 11.1 Å². The summed E-state index contributed by atoms with van der Waals surface area (Å²) in [5.41, 5.74) is 7.69. The molecule has 51 heavy (non-hydrogen) atoms. The van der Waals surface area contributed by atoms with E-state index < -0.39 is 12.1 Å². The SMILES string of the molecule is C/C(O)=C(/C=N[C@@H](c1ccc(Cl)cc1)[C@@H](N=C/C(C(=O)c1c(C)cc(C)cc1C)=C(/C)O)c1ccc(Cl)cc1)C(=O)c1c(C)cc(C)cc1C.[Co]. The van der Waals surface area contributed by atoms with Gasteiger partial charge in [0.15, 0.2) is 11.6 Å². The Morgan fingerprint density at radius 3 is 1.10 bits per heavy atom. The Morgan fingerprint density at radius 1 is 0.569 bits per heavy atom. The molecule has 4 rings (SSSR count). The topological polar surface area (TPSA) is 99.3 Å². The van der Waals surface area contributed by atoms with Crippen molar-refractivity contribution >= 4 is 47.2 Å². The van der Waals surface area contributed by atoms with Crippen LogP contribution in [0.1, 0.15) is 91.2 Å². The van der Waals surface area contributed by atoms with Gasteiger partial charge in [0.2, 0.25) is 0 Å². The number of nitrogens with zero attached hydrogens (tertiary/aromatic N) is 2. The number of carbonyl (C=O) groups excluding carboxylic acids is 2. The third-order valence-electron chi connectivity index (χ3n) is 8.53. The number of ketones is 2. The predicted molar refractivity (Wildman–Crippen MR) is 206 cm³/mol. The second-order valence-corrected chi connectivity index (χ2v) is 13.6. The second kappa shape index (κ2) is 17.8. The zero-order valence-corrected chi connectivity index (χ0v) is 32.5. The molecule has 267 valence electrons. The molecule has 0 aliphatic heterocycles. The summed E-state index contributed by atoms with van der Waals surface area (Å²) >= 11 is 12.6. The van der Waals surface area contributed by atoms with Gasteiger partial charge in [-0.3, -0.25) is 19.6 Å². The summed E-state index contributed by atoms with van der Waals surface area (Å²) in [5.74, 6) is -1.09. The second-order valence-electron chi connectivity index (χ2n) is 12.8. The van der Waals surface area contributed by atoms with Crippen LogP contribution in [0.4, 0.5) is 0 Å². The number of hydrogen-bond donors (Lipinski definition) is 2. The molecule has 4 aromatic carbocycles. The number of Topliss-reactive ketones (excluding diaryl/α,β-unsaturated/α-hetero) is 2. The fourth-order valence-electron chi connectivity index (χ4n) is 6.31. The maximum atomic E-state index is 13.9. The van der Waals surface area contributed by atoms with E-state index in [-0.39, 0.29) is 51.0 Å². The van der Waals surface area contributed by atoms with Gasteiger partial charge in [0.1, 0.15) is 23.6 Å². The number of allylic oxidation sites excluding steroid dienone is 4. The number of aliphatic hydroxyl groups excluding tert-OH is 2. The molecule has 1 radical (unpaired) electrons. The molecule has 6 nitrogen and oxygen atoms in total. The van der Waals surface area contributed by atoms with Crippen molar-refractivity contribution in [3.8, 4) is 0 Å². The van der Waals surface area contributed by atoms with Crippen molar-refractivity contribution < 1.29 is 36.6 Å². The standard InChI is InChI=1S/C42H42Cl2N2O4.Co/c1-23-17-25(3)37(26(4)18-23)41(49)35(29(7)47)21-45-39(31-9-13-33(43)14-10-31)40(32-11-15-34(44)16-12-32)46-22-36(30(8)48)42(50)38-27(5)19-24(2)20-28(38)6;/h9-22,39-40,47-48H,1-8H3;/b35-29+,36-30+,45-21?,46-22?;/t39-,40-;/m0./s1. The van der Waals surface area contributed by atoms with Gasteiger partial charge in [0, 0.05) is 50.4 Å². The molecule has 0 aliphatic carbocycles. The summed E-state index contributed by atoms with van der Waals surface area (Å²) in [6.45, 7) is 14.3. The molecule has 0 amide bonds. The number of aryl methyl sites for hydroxylation is 6. The Balaban J connectivity index is 0.00000702. The van der Waals surface area contributed by atoms with Crippen LogP contribution in [0.15, 0.2) is 105 Å². The molecule has 0 aromatic heterocycles. The van der Waals surface area contributed by atoms with Crippen molar-refractivity contribution in [1.82, 2.24) is 0 Å². The van der Waals surface area contributed by atoms with Crippen molar-refractivity contribution in [1.29, 1.82) is 0 Å². The number of aliphatic hydroxyl groups is 2. The van der Waals surface area contributed by atoms with Crippen LogP contribution in [0, 0.1) is 41.5 Å². The molecule has 2 atom stereocenters. The number of hydrogen-bond acceptors (Lipinski definition) is 6. The Hall–Kier alpha value is -4.27. The van der Waals surface area contributed by atoms with Gasteiger partial charge < -0.3 is 10.2 Å². The van der Waals surface area contributed by atoms with Crippen molar-refractivity contribution in [3.63, 3.8) is 0 Å². The van der Waals surface area contributed by atoms with Gasteiger partial charge in [-0.1, -0.05) is 82.9 Å². The monoisotopic (exact) mass is 767 g/mol. The molecule has 0 fully saturated rings. The van der Waals surface area contributed by atoms with Crippen LogP contribution in [-0.2, 0) is 16.8 Å². The quantitative estimate of drug-likeness (QED) is 0.0687. The molecule has 9 heteroatoms. The average molecular weight is 769 g/mol. The fraction of sp³-hybridized carbons (Fsp3) is 0.238. The van der Waals surface area contributed by atoms with E-state index in [2.05, 4.69) is 0 Å². The molecule has 0 bridgehead atoms. The van der Waals surface area contributed by atoms with E-state index in [9.17, 15) is 19.8 Å². The van der Waals surface area contributed by atoms with Crippen molar-refractivity contribution in [2.24, 2.45) is 9.98 Å². The first kappa shape index (κ1) is 41.1. The van der Waals surface area contributed by atoms with Crippen LogP contribution in [-0.4, -0.2) is 34.2 Å². The largest absolute Gasteiger partial charge is 0.512 e. The van der Waals surface area contributed by atoms with Gasteiger partial charge in [-0.2, -0.15) is 0 Å². The van der Waals surface area contributed by atoms with Gasteiger partial charge in [0.25, 0.3) is 0 Å². The Bertz CT molecular complexity index is 1860. The Labute approximate surface area is 320 Å². The number of halogens is 2. The van der Waals surface area contributed by atoms with Crippen LogP contribution in [0.25, 0.3) is 0 Å². The van der Waals surface area contributed by atoms with E-state index >= 15 is 0 Å². The van der Waals surface area contributed by atoms with Gasteiger partial charge in [-0.05, 0) is 113 Å². The summed E-state index contributed by atoms with van der Waals surface area (Å²) in [7, 11) is 0. The van der Waals surface area contributed by atoms with Crippen LogP contribution in [0.3, 0.4) is 0 Å². The minimum absolute atomic E-state index is 0. The molecule has 4 aromatic rings. The molecular formula is C42H42Cl2CoN2O4. The molecule has 0 saturated carbocycles. The molecule has 2 N–H and O–H groups in total. The van der Waals surface area contributed by atoms with Gasteiger partial charge in [-0.15, -0.1) is 0 Å². The Morgan fingerprint density at radius 2 is 0.843 bits per heavy atom. The summed E-state index contributed by atoms with van der Waals surface area (Å²) in [6, 6.07) is 20.3. The third kappa shape index (κ3) is 9.95. The summed E-state index contributed by atoms with van der Waals surface area (Å²) in [4.78, 5) is 37.7. The zero-order valence-electron chi connectivity index (χ0n) is 29.9. The summed E-state index contributed by atoms with van der Waals surface area (Å²) < 4.78 is 0. The molecule has 0 heterocycles. The van der Waals surface area contributed by atoms with E-state index in [1.54, 1.807) is 24.3 Å². The van der Waals surface area contributed by atoms with Crippen LogP contribution in [0.2, 0.25) is 10.0 Å². The normalized spacial score (nSPS) is 13.8. The molecule has 0 aliphatic rings. The Kier molecular flexibility index (Phi) is 14.3. The fourth-order valence-corrected chi connectivity index (χ4v) is 6.56. The molecule has 0 spiro atoms. The predicted octanol–water partition coefficient (Wildman–Crippen LogP) is 11.2. The minimum atomic E-state index is -0.773. The number of rotatable bonds is 11. The van der Waals surface area contributed by atoms with Crippen molar-refractivity contribution in [2.45, 2.75) is 67.5 Å². The van der Waals surface area contributed by atoms with Crippen LogP contribution < -0.4 is 0 Å². The van der Waals surface area contributed by atoms with E-state index in [1.165, 1.54) is 26.3 Å². The van der Waals surface area contributed by atoms with E-state index in [0.29, 0.717) is 32.3 Å².